The maximum absolute atomic E-state index is 12.5. The third-order valence-corrected chi connectivity index (χ3v) is 4.63. The molecule has 25 heavy (non-hydrogen) atoms. The molecule has 2 rings (SSSR count). The smallest absolute Gasteiger partial charge is 0.252 e. The summed E-state index contributed by atoms with van der Waals surface area (Å²) in [7, 11) is 4.64. The molecule has 0 spiro atoms. The summed E-state index contributed by atoms with van der Waals surface area (Å²) in [6.07, 6.45) is 0. The van der Waals surface area contributed by atoms with E-state index >= 15 is 0 Å². The van der Waals surface area contributed by atoms with Gasteiger partial charge in [0, 0.05) is 9.50 Å². The molecular weight excluding hydrogens is 410 g/mol. The lowest BCUT2D eigenvalue weighted by molar-refractivity contribution is 0.0939. The quantitative estimate of drug-likeness (QED) is 0.729. The zero-order valence-electron chi connectivity index (χ0n) is 14.4. The number of amides is 1. The lowest BCUT2D eigenvalue weighted by Crippen LogP contribution is -2.27. The van der Waals surface area contributed by atoms with Gasteiger partial charge in [-0.2, -0.15) is 0 Å². The van der Waals surface area contributed by atoms with Gasteiger partial charge in [-0.1, -0.05) is 11.6 Å². The average Bonchev–Trinajstić information content (AvgIpc) is 2.61. The highest BCUT2D eigenvalue weighted by molar-refractivity contribution is 9.10. The first-order chi connectivity index (χ1) is 11.9. The summed E-state index contributed by atoms with van der Waals surface area (Å²) in [6.45, 7) is 1.87. The number of carbonyl (C=O) groups is 1. The van der Waals surface area contributed by atoms with Crippen LogP contribution in [0.1, 0.15) is 28.9 Å². The summed E-state index contributed by atoms with van der Waals surface area (Å²) < 4.78 is 16.7. The molecule has 2 aromatic carbocycles. The highest BCUT2D eigenvalue weighted by Gasteiger charge is 2.19. The zero-order valence-corrected chi connectivity index (χ0v) is 16.7. The van der Waals surface area contributed by atoms with E-state index in [1.807, 2.05) is 6.92 Å². The fraction of sp³-hybridized carbons (Fsp3) is 0.278. The minimum Gasteiger partial charge on any atom is -0.493 e. The summed E-state index contributed by atoms with van der Waals surface area (Å²) in [6, 6.07) is 8.39. The van der Waals surface area contributed by atoms with Gasteiger partial charge in [-0.3, -0.25) is 4.79 Å². The van der Waals surface area contributed by atoms with Crippen LogP contribution in [0.25, 0.3) is 0 Å². The molecule has 0 aliphatic rings. The molecular formula is C18H19BrClNO4. The Labute approximate surface area is 160 Å². The SMILES string of the molecule is COc1cc(C(C)NC(=O)c2cc(Cl)ccc2Br)cc(OC)c1OC. The first-order valence-electron chi connectivity index (χ1n) is 7.47. The third kappa shape index (κ3) is 4.38. The predicted molar refractivity (Wildman–Crippen MR) is 101 cm³/mol. The molecule has 0 heterocycles. The molecule has 134 valence electrons. The van der Waals surface area contributed by atoms with Crippen molar-refractivity contribution in [3.05, 3.63) is 51.0 Å². The van der Waals surface area contributed by atoms with Crippen molar-refractivity contribution in [2.24, 2.45) is 0 Å². The van der Waals surface area contributed by atoms with Crippen molar-refractivity contribution in [1.82, 2.24) is 5.32 Å². The number of methoxy groups -OCH3 is 3. The van der Waals surface area contributed by atoms with Gasteiger partial charge in [0.15, 0.2) is 11.5 Å². The van der Waals surface area contributed by atoms with Crippen LogP contribution in [0.5, 0.6) is 17.2 Å². The van der Waals surface area contributed by atoms with Gasteiger partial charge >= 0.3 is 0 Å². The highest BCUT2D eigenvalue weighted by Crippen LogP contribution is 2.39. The Kier molecular flexibility index (Phi) is 6.56. The van der Waals surface area contributed by atoms with E-state index < -0.39 is 0 Å². The monoisotopic (exact) mass is 427 g/mol. The minimum atomic E-state index is -0.285. The zero-order chi connectivity index (χ0) is 18.6. The van der Waals surface area contributed by atoms with Gasteiger partial charge in [-0.05, 0) is 58.7 Å². The van der Waals surface area contributed by atoms with Crippen LogP contribution < -0.4 is 19.5 Å². The van der Waals surface area contributed by atoms with Gasteiger partial charge in [0.1, 0.15) is 0 Å². The second-order valence-electron chi connectivity index (χ2n) is 5.28. The lowest BCUT2D eigenvalue weighted by Gasteiger charge is -2.19. The van der Waals surface area contributed by atoms with Crippen molar-refractivity contribution in [3.63, 3.8) is 0 Å². The molecule has 0 saturated carbocycles. The summed E-state index contributed by atoms with van der Waals surface area (Å²) in [5, 5.41) is 3.44. The van der Waals surface area contributed by atoms with Crippen LogP contribution in [0, 0.1) is 0 Å². The number of hydrogen-bond donors (Lipinski definition) is 1. The topological polar surface area (TPSA) is 56.8 Å². The molecule has 0 radical (unpaired) electrons. The number of ether oxygens (including phenoxy) is 3. The first-order valence-corrected chi connectivity index (χ1v) is 8.64. The number of rotatable bonds is 6. The predicted octanol–water partition coefficient (Wildman–Crippen LogP) is 4.62. The molecule has 0 bridgehead atoms. The second kappa shape index (κ2) is 8.45. The maximum atomic E-state index is 12.5. The Balaban J connectivity index is 2.30. The largest absolute Gasteiger partial charge is 0.493 e. The molecule has 7 heteroatoms. The van der Waals surface area contributed by atoms with Gasteiger partial charge < -0.3 is 19.5 Å². The van der Waals surface area contributed by atoms with Gasteiger partial charge in [-0.15, -0.1) is 0 Å². The highest BCUT2D eigenvalue weighted by atomic mass is 79.9. The minimum absolute atomic E-state index is 0.240. The molecule has 1 unspecified atom stereocenters. The number of benzene rings is 2. The molecule has 0 fully saturated rings. The number of carbonyl (C=O) groups excluding carboxylic acids is 1. The van der Waals surface area contributed by atoms with E-state index in [2.05, 4.69) is 21.2 Å². The van der Waals surface area contributed by atoms with Crippen molar-refractivity contribution in [2.75, 3.05) is 21.3 Å². The van der Waals surface area contributed by atoms with Gasteiger partial charge in [0.25, 0.3) is 5.91 Å². The van der Waals surface area contributed by atoms with Crippen molar-refractivity contribution >= 4 is 33.4 Å². The van der Waals surface area contributed by atoms with Crippen LogP contribution in [0.2, 0.25) is 5.02 Å². The van der Waals surface area contributed by atoms with Gasteiger partial charge in [0.2, 0.25) is 5.75 Å². The van der Waals surface area contributed by atoms with E-state index in [-0.39, 0.29) is 11.9 Å². The Hall–Kier alpha value is -1.92. The van der Waals surface area contributed by atoms with Crippen molar-refractivity contribution in [3.8, 4) is 17.2 Å². The van der Waals surface area contributed by atoms with E-state index in [0.29, 0.717) is 32.3 Å². The van der Waals surface area contributed by atoms with Crippen LogP contribution >= 0.6 is 27.5 Å². The summed E-state index contributed by atoms with van der Waals surface area (Å²) in [5.41, 5.74) is 1.28. The average molecular weight is 429 g/mol. The lowest BCUT2D eigenvalue weighted by atomic mass is 10.1. The van der Waals surface area contributed by atoms with Crippen molar-refractivity contribution in [1.29, 1.82) is 0 Å². The number of hydrogen-bond acceptors (Lipinski definition) is 4. The van der Waals surface area contributed by atoms with E-state index in [4.69, 9.17) is 25.8 Å². The van der Waals surface area contributed by atoms with Crippen LogP contribution in [0.4, 0.5) is 0 Å². The molecule has 2 aromatic rings. The normalized spacial score (nSPS) is 11.6. The van der Waals surface area contributed by atoms with Crippen molar-refractivity contribution < 1.29 is 19.0 Å². The molecule has 1 N–H and O–H groups in total. The summed E-state index contributed by atoms with van der Waals surface area (Å²) >= 11 is 9.34. The van der Waals surface area contributed by atoms with Crippen LogP contribution in [0.3, 0.4) is 0 Å². The van der Waals surface area contributed by atoms with Crippen molar-refractivity contribution in [2.45, 2.75) is 13.0 Å². The Morgan fingerprint density at radius 3 is 2.20 bits per heavy atom. The number of halogens is 2. The van der Waals surface area contributed by atoms with E-state index in [1.54, 1.807) is 51.7 Å². The number of nitrogens with one attached hydrogen (secondary N) is 1. The van der Waals surface area contributed by atoms with Crippen LogP contribution in [0.15, 0.2) is 34.8 Å². The fourth-order valence-electron chi connectivity index (χ4n) is 2.38. The first kappa shape index (κ1) is 19.4. The molecule has 1 atom stereocenters. The summed E-state index contributed by atoms with van der Waals surface area (Å²) in [5.74, 6) is 1.32. The van der Waals surface area contributed by atoms with E-state index in [0.717, 1.165) is 5.56 Å². The van der Waals surface area contributed by atoms with Crippen LogP contribution in [-0.2, 0) is 0 Å². The maximum Gasteiger partial charge on any atom is 0.252 e. The Morgan fingerprint density at radius 1 is 1.08 bits per heavy atom. The van der Waals surface area contributed by atoms with Gasteiger partial charge in [-0.25, -0.2) is 0 Å². The second-order valence-corrected chi connectivity index (χ2v) is 6.57. The van der Waals surface area contributed by atoms with Gasteiger partial charge in [0.05, 0.1) is 32.9 Å². The molecule has 1 amide bonds. The molecule has 0 aromatic heterocycles. The molecule has 5 nitrogen and oxygen atoms in total. The summed E-state index contributed by atoms with van der Waals surface area (Å²) in [4.78, 5) is 12.5. The Bertz CT molecular complexity index is 757. The third-order valence-electron chi connectivity index (χ3n) is 3.71. The molecule has 0 saturated heterocycles. The van der Waals surface area contributed by atoms with E-state index in [1.165, 1.54) is 0 Å². The Morgan fingerprint density at radius 2 is 1.68 bits per heavy atom. The fourth-order valence-corrected chi connectivity index (χ4v) is 2.98. The van der Waals surface area contributed by atoms with E-state index in [9.17, 15) is 4.79 Å². The standard InChI is InChI=1S/C18H19BrClNO4/c1-10(21-18(22)13-9-12(20)5-6-14(13)19)11-7-15(23-2)17(25-4)16(8-11)24-3/h5-10H,1-4H3,(H,21,22). The molecule has 0 aliphatic heterocycles. The molecule has 0 aliphatic carbocycles. The van der Waals surface area contributed by atoms with Crippen LogP contribution in [-0.4, -0.2) is 27.2 Å².